The SMILES string of the molecule is CC(C)c1ccc([C@@H]2C#CCc3ccccc3CC#C[C@H]2c2ccc(C(C)C)cc2)cc1. The normalized spacial score (nSPS) is 17.7. The van der Waals surface area contributed by atoms with Crippen LogP contribution in [0.1, 0.15) is 84.7 Å². The second-order valence-electron chi connectivity index (χ2n) is 9.36. The molecule has 0 N–H and O–H groups in total. The third kappa shape index (κ3) is 4.98. The van der Waals surface area contributed by atoms with Gasteiger partial charge < -0.3 is 0 Å². The van der Waals surface area contributed by atoms with Crippen molar-refractivity contribution < 1.29 is 0 Å². The van der Waals surface area contributed by atoms with Gasteiger partial charge in [0.15, 0.2) is 0 Å². The zero-order valence-electron chi connectivity index (χ0n) is 19.7. The lowest BCUT2D eigenvalue weighted by atomic mass is 9.80. The van der Waals surface area contributed by atoms with Gasteiger partial charge in [0.25, 0.3) is 0 Å². The van der Waals surface area contributed by atoms with Gasteiger partial charge in [-0.15, -0.1) is 0 Å². The van der Waals surface area contributed by atoms with Gasteiger partial charge in [-0.3, -0.25) is 0 Å². The van der Waals surface area contributed by atoms with Gasteiger partial charge in [0.2, 0.25) is 0 Å². The van der Waals surface area contributed by atoms with Crippen LogP contribution >= 0.6 is 0 Å². The van der Waals surface area contributed by atoms with Gasteiger partial charge in [0, 0.05) is 12.8 Å². The topological polar surface area (TPSA) is 0 Å². The highest BCUT2D eigenvalue weighted by Crippen LogP contribution is 2.34. The summed E-state index contributed by atoms with van der Waals surface area (Å²) >= 11 is 0. The second-order valence-corrected chi connectivity index (χ2v) is 9.36. The average molecular weight is 417 g/mol. The maximum Gasteiger partial charge on any atom is 0.0630 e. The van der Waals surface area contributed by atoms with Crippen LogP contribution in [0.3, 0.4) is 0 Å². The largest absolute Gasteiger partial charge is 0.0978 e. The molecule has 0 radical (unpaired) electrons. The Bertz CT molecular complexity index is 1070. The summed E-state index contributed by atoms with van der Waals surface area (Å²) in [5.74, 6) is 15.4. The molecule has 32 heavy (non-hydrogen) atoms. The minimum atomic E-state index is 0.0545. The van der Waals surface area contributed by atoms with Gasteiger partial charge in [0.05, 0.1) is 11.8 Å². The van der Waals surface area contributed by atoms with Crippen LogP contribution in [0.4, 0.5) is 0 Å². The predicted molar refractivity (Wildman–Crippen MR) is 136 cm³/mol. The molecule has 0 amide bonds. The third-order valence-corrected chi connectivity index (χ3v) is 6.45. The smallest absolute Gasteiger partial charge is 0.0630 e. The number of hydrogen-bond donors (Lipinski definition) is 0. The molecular formula is C32H32. The van der Waals surface area contributed by atoms with E-state index >= 15 is 0 Å². The summed E-state index contributed by atoms with van der Waals surface area (Å²) in [5.41, 5.74) is 7.82. The van der Waals surface area contributed by atoms with E-state index in [4.69, 9.17) is 0 Å². The maximum atomic E-state index is 3.63. The number of rotatable bonds is 4. The predicted octanol–water partition coefficient (Wildman–Crippen LogP) is 7.61. The Morgan fingerprint density at radius 2 is 0.938 bits per heavy atom. The molecule has 0 bridgehead atoms. The van der Waals surface area contributed by atoms with Crippen molar-refractivity contribution in [3.8, 4) is 23.7 Å². The Labute approximate surface area is 194 Å². The highest BCUT2D eigenvalue weighted by molar-refractivity contribution is 5.45. The summed E-state index contributed by atoms with van der Waals surface area (Å²) < 4.78 is 0. The van der Waals surface area contributed by atoms with E-state index in [2.05, 4.69) is 124 Å². The van der Waals surface area contributed by atoms with Gasteiger partial charge in [-0.1, -0.05) is 124 Å². The number of benzene rings is 3. The fourth-order valence-corrected chi connectivity index (χ4v) is 4.31. The van der Waals surface area contributed by atoms with E-state index < -0.39 is 0 Å². The summed E-state index contributed by atoms with van der Waals surface area (Å²) in [6.45, 7) is 8.95. The molecule has 0 heteroatoms. The Morgan fingerprint density at radius 1 is 0.562 bits per heavy atom. The van der Waals surface area contributed by atoms with Crippen molar-refractivity contribution in [1.29, 1.82) is 0 Å². The molecule has 1 aliphatic rings. The molecule has 0 spiro atoms. The lowest BCUT2D eigenvalue weighted by Gasteiger charge is -2.21. The highest BCUT2D eigenvalue weighted by Gasteiger charge is 2.23. The number of hydrogen-bond acceptors (Lipinski definition) is 0. The summed E-state index contributed by atoms with van der Waals surface area (Å²) in [7, 11) is 0. The van der Waals surface area contributed by atoms with E-state index in [9.17, 15) is 0 Å². The fourth-order valence-electron chi connectivity index (χ4n) is 4.31. The standard InChI is InChI=1S/C32H32/c1-23(2)25-15-19-29(20-16-25)31-13-7-11-27-9-5-6-10-28(27)12-8-14-32(31)30-21-17-26(18-22-30)24(3)4/h5-6,9-10,15-24,31-32H,11-12H2,1-4H3/t31-,32-/m0/s1. The molecule has 1 aliphatic carbocycles. The monoisotopic (exact) mass is 416 g/mol. The Kier molecular flexibility index (Phi) is 6.83. The zero-order valence-corrected chi connectivity index (χ0v) is 19.7. The number of fused-ring (bicyclic) bond motifs is 1. The van der Waals surface area contributed by atoms with Crippen LogP contribution in [-0.4, -0.2) is 0 Å². The first kappa shape index (κ1) is 22.0. The Morgan fingerprint density at radius 3 is 1.28 bits per heavy atom. The first-order valence-electron chi connectivity index (χ1n) is 11.8. The van der Waals surface area contributed by atoms with Crippen molar-refractivity contribution in [2.75, 3.05) is 0 Å². The van der Waals surface area contributed by atoms with Crippen molar-refractivity contribution >= 4 is 0 Å². The molecule has 4 rings (SSSR count). The lowest BCUT2D eigenvalue weighted by Crippen LogP contribution is -2.10. The fraction of sp³-hybridized carbons (Fsp3) is 0.312. The van der Waals surface area contributed by atoms with Crippen LogP contribution in [0.2, 0.25) is 0 Å². The molecule has 0 saturated heterocycles. The second kappa shape index (κ2) is 9.94. The van der Waals surface area contributed by atoms with Crippen LogP contribution in [0.25, 0.3) is 0 Å². The average Bonchev–Trinajstić information content (AvgIpc) is 2.81. The van der Waals surface area contributed by atoms with Crippen molar-refractivity contribution in [3.05, 3.63) is 106 Å². The van der Waals surface area contributed by atoms with Crippen LogP contribution in [0.15, 0.2) is 72.8 Å². The van der Waals surface area contributed by atoms with E-state index in [1.54, 1.807) is 0 Å². The van der Waals surface area contributed by atoms with E-state index in [0.29, 0.717) is 11.8 Å². The van der Waals surface area contributed by atoms with Crippen molar-refractivity contribution in [2.24, 2.45) is 0 Å². The van der Waals surface area contributed by atoms with E-state index in [1.165, 1.54) is 33.4 Å². The highest BCUT2D eigenvalue weighted by atomic mass is 14.2. The van der Waals surface area contributed by atoms with Crippen LogP contribution in [0.5, 0.6) is 0 Å². The molecule has 3 aromatic rings. The van der Waals surface area contributed by atoms with E-state index in [1.807, 2.05) is 0 Å². The summed E-state index contributed by atoms with van der Waals surface area (Å²) in [5, 5.41) is 0. The van der Waals surface area contributed by atoms with Gasteiger partial charge in [0.1, 0.15) is 0 Å². The van der Waals surface area contributed by atoms with Gasteiger partial charge in [-0.05, 0) is 45.2 Å². The molecule has 0 nitrogen and oxygen atoms in total. The minimum absolute atomic E-state index is 0.0545. The summed E-state index contributed by atoms with van der Waals surface area (Å²) in [4.78, 5) is 0. The minimum Gasteiger partial charge on any atom is -0.0978 e. The lowest BCUT2D eigenvalue weighted by molar-refractivity contribution is 0.772. The van der Waals surface area contributed by atoms with Crippen LogP contribution in [-0.2, 0) is 12.8 Å². The third-order valence-electron chi connectivity index (χ3n) is 6.45. The molecule has 0 fully saturated rings. The zero-order chi connectivity index (χ0) is 22.5. The molecule has 0 heterocycles. The first-order valence-corrected chi connectivity index (χ1v) is 11.8. The Hall–Kier alpha value is -3.22. The van der Waals surface area contributed by atoms with Crippen molar-refractivity contribution in [1.82, 2.24) is 0 Å². The molecule has 0 aliphatic heterocycles. The molecule has 0 unspecified atom stereocenters. The Balaban J connectivity index is 1.78. The van der Waals surface area contributed by atoms with E-state index in [-0.39, 0.29) is 11.8 Å². The van der Waals surface area contributed by atoms with Gasteiger partial charge >= 0.3 is 0 Å². The molecule has 2 atom stereocenters. The molecule has 0 saturated carbocycles. The summed E-state index contributed by atoms with van der Waals surface area (Å²) in [6.07, 6.45) is 1.55. The molecule has 3 aromatic carbocycles. The van der Waals surface area contributed by atoms with Crippen molar-refractivity contribution in [2.45, 2.75) is 64.2 Å². The molecule has 0 aromatic heterocycles. The first-order chi connectivity index (χ1) is 15.5. The van der Waals surface area contributed by atoms with Crippen molar-refractivity contribution in [3.63, 3.8) is 0 Å². The molecular weight excluding hydrogens is 384 g/mol. The summed E-state index contributed by atoms with van der Waals surface area (Å²) in [6, 6.07) is 26.6. The maximum absolute atomic E-state index is 3.63. The van der Waals surface area contributed by atoms with Crippen LogP contribution < -0.4 is 0 Å². The van der Waals surface area contributed by atoms with Crippen LogP contribution in [0, 0.1) is 23.7 Å². The molecule has 160 valence electrons. The van der Waals surface area contributed by atoms with Gasteiger partial charge in [-0.2, -0.15) is 0 Å². The quantitative estimate of drug-likeness (QED) is 0.384. The van der Waals surface area contributed by atoms with Gasteiger partial charge in [-0.25, -0.2) is 0 Å². The van der Waals surface area contributed by atoms with E-state index in [0.717, 1.165) is 12.8 Å².